The number of halogens is 1. The molecule has 0 saturated heterocycles. The maximum atomic E-state index is 13.0. The van der Waals surface area contributed by atoms with Gasteiger partial charge in [-0.3, -0.25) is 14.9 Å². The molecule has 3 aromatic carbocycles. The number of anilines is 1. The van der Waals surface area contributed by atoms with Gasteiger partial charge in [0, 0.05) is 17.8 Å². The number of hydrogen-bond acceptors (Lipinski definition) is 6. The van der Waals surface area contributed by atoms with Crippen molar-refractivity contribution in [3.8, 4) is 17.6 Å². The highest BCUT2D eigenvalue weighted by molar-refractivity contribution is 6.09. The fourth-order valence-electron chi connectivity index (χ4n) is 2.86. The zero-order chi connectivity index (χ0) is 23.8. The highest BCUT2D eigenvalue weighted by Crippen LogP contribution is 2.30. The molecule has 0 aliphatic carbocycles. The molecule has 1 amide bonds. The number of amides is 1. The van der Waals surface area contributed by atoms with Crippen LogP contribution in [0.3, 0.4) is 0 Å². The predicted molar refractivity (Wildman–Crippen MR) is 119 cm³/mol. The van der Waals surface area contributed by atoms with Gasteiger partial charge in [0.25, 0.3) is 11.6 Å². The van der Waals surface area contributed by atoms with Crippen molar-refractivity contribution in [2.75, 3.05) is 12.4 Å². The number of nitrogens with one attached hydrogen (secondary N) is 1. The van der Waals surface area contributed by atoms with Crippen molar-refractivity contribution in [1.82, 2.24) is 0 Å². The lowest BCUT2D eigenvalue weighted by Gasteiger charge is -2.11. The van der Waals surface area contributed by atoms with Gasteiger partial charge in [0.05, 0.1) is 12.0 Å². The van der Waals surface area contributed by atoms with Gasteiger partial charge in [-0.1, -0.05) is 18.2 Å². The topological polar surface area (TPSA) is 114 Å². The molecular weight excluding hydrogens is 429 g/mol. The molecule has 1 N–H and O–H groups in total. The molecule has 3 aromatic rings. The molecule has 0 aliphatic rings. The first-order valence-corrected chi connectivity index (χ1v) is 9.62. The largest absolute Gasteiger partial charge is 0.493 e. The van der Waals surface area contributed by atoms with E-state index in [2.05, 4.69) is 5.32 Å². The van der Waals surface area contributed by atoms with Crippen molar-refractivity contribution >= 4 is 23.4 Å². The third-order valence-corrected chi connectivity index (χ3v) is 4.48. The van der Waals surface area contributed by atoms with Gasteiger partial charge in [0.2, 0.25) is 0 Å². The van der Waals surface area contributed by atoms with Crippen LogP contribution >= 0.6 is 0 Å². The molecule has 0 unspecified atom stereocenters. The Hall–Kier alpha value is -4.71. The van der Waals surface area contributed by atoms with Crippen LogP contribution < -0.4 is 14.8 Å². The Kier molecular flexibility index (Phi) is 7.34. The summed E-state index contributed by atoms with van der Waals surface area (Å²) >= 11 is 0. The Morgan fingerprint density at radius 3 is 2.58 bits per heavy atom. The maximum Gasteiger partial charge on any atom is 0.269 e. The Morgan fingerprint density at radius 2 is 1.91 bits per heavy atom. The van der Waals surface area contributed by atoms with Crippen LogP contribution in [-0.4, -0.2) is 17.9 Å². The van der Waals surface area contributed by atoms with Gasteiger partial charge in [-0.15, -0.1) is 0 Å². The number of benzene rings is 3. The molecule has 33 heavy (non-hydrogen) atoms. The van der Waals surface area contributed by atoms with Crippen LogP contribution in [0.2, 0.25) is 0 Å². The number of ether oxygens (including phenoxy) is 2. The lowest BCUT2D eigenvalue weighted by atomic mass is 10.1. The van der Waals surface area contributed by atoms with E-state index in [0.717, 1.165) is 0 Å². The summed E-state index contributed by atoms with van der Waals surface area (Å²) < 4.78 is 24.1. The van der Waals surface area contributed by atoms with E-state index >= 15 is 0 Å². The van der Waals surface area contributed by atoms with Gasteiger partial charge in [-0.25, -0.2) is 4.39 Å². The van der Waals surface area contributed by atoms with Crippen LogP contribution in [0.25, 0.3) is 6.08 Å². The van der Waals surface area contributed by atoms with Crippen LogP contribution in [-0.2, 0) is 11.4 Å². The molecule has 166 valence electrons. The summed E-state index contributed by atoms with van der Waals surface area (Å²) in [6.45, 7) is 0.0801. The first kappa shape index (κ1) is 23.0. The van der Waals surface area contributed by atoms with E-state index in [4.69, 9.17) is 9.47 Å². The lowest BCUT2D eigenvalue weighted by Crippen LogP contribution is -2.13. The Morgan fingerprint density at radius 1 is 1.15 bits per heavy atom. The number of hydrogen-bond donors (Lipinski definition) is 1. The molecule has 0 aliphatic heterocycles. The smallest absolute Gasteiger partial charge is 0.269 e. The van der Waals surface area contributed by atoms with Crippen molar-refractivity contribution in [3.05, 3.63) is 99.4 Å². The minimum absolute atomic E-state index is 0.0357. The minimum atomic E-state index is -0.644. The minimum Gasteiger partial charge on any atom is -0.493 e. The summed E-state index contributed by atoms with van der Waals surface area (Å²) in [4.78, 5) is 22.8. The lowest BCUT2D eigenvalue weighted by molar-refractivity contribution is -0.384. The zero-order valence-electron chi connectivity index (χ0n) is 17.4. The molecule has 3 rings (SSSR count). The van der Waals surface area contributed by atoms with E-state index in [1.807, 2.05) is 6.07 Å². The molecule has 9 heteroatoms. The van der Waals surface area contributed by atoms with Crippen LogP contribution in [0.4, 0.5) is 15.8 Å². The second-order valence-corrected chi connectivity index (χ2v) is 6.76. The van der Waals surface area contributed by atoms with E-state index in [1.54, 1.807) is 30.3 Å². The quantitative estimate of drug-likeness (QED) is 0.228. The number of carbonyl (C=O) groups is 1. The molecule has 0 saturated carbocycles. The number of nitro groups is 1. The molecule has 8 nitrogen and oxygen atoms in total. The van der Waals surface area contributed by atoms with E-state index in [9.17, 15) is 24.6 Å². The van der Waals surface area contributed by atoms with Crippen LogP contribution in [0.1, 0.15) is 11.1 Å². The number of nitrogens with zero attached hydrogens (tertiary/aromatic N) is 2. The van der Waals surface area contributed by atoms with Gasteiger partial charge in [-0.2, -0.15) is 5.26 Å². The molecule has 0 aromatic heterocycles. The fraction of sp³-hybridized carbons (Fsp3) is 0.0833. The summed E-state index contributed by atoms with van der Waals surface area (Å²) in [5, 5.41) is 22.8. The summed E-state index contributed by atoms with van der Waals surface area (Å²) in [6.07, 6.45) is 1.38. The first-order valence-electron chi connectivity index (χ1n) is 9.62. The van der Waals surface area contributed by atoms with Gasteiger partial charge >= 0.3 is 0 Å². The Balaban J connectivity index is 1.74. The molecule has 0 fully saturated rings. The van der Waals surface area contributed by atoms with E-state index < -0.39 is 16.6 Å². The average Bonchev–Trinajstić information content (AvgIpc) is 2.83. The number of methoxy groups -OCH3 is 1. The van der Waals surface area contributed by atoms with Gasteiger partial charge in [-0.05, 0) is 53.6 Å². The maximum absolute atomic E-state index is 13.0. The summed E-state index contributed by atoms with van der Waals surface area (Å²) in [7, 11) is 1.44. The summed E-state index contributed by atoms with van der Waals surface area (Å²) in [6, 6.07) is 17.9. The van der Waals surface area contributed by atoms with Crippen molar-refractivity contribution in [2.24, 2.45) is 0 Å². The fourth-order valence-corrected chi connectivity index (χ4v) is 2.86. The second kappa shape index (κ2) is 10.5. The van der Waals surface area contributed by atoms with Crippen LogP contribution in [0.5, 0.6) is 11.5 Å². The zero-order valence-corrected chi connectivity index (χ0v) is 17.4. The highest BCUT2D eigenvalue weighted by atomic mass is 19.1. The third-order valence-electron chi connectivity index (χ3n) is 4.48. The molecular formula is C24H18FN3O5. The average molecular weight is 447 g/mol. The van der Waals surface area contributed by atoms with Crippen molar-refractivity contribution in [2.45, 2.75) is 6.61 Å². The molecule has 0 heterocycles. The highest BCUT2D eigenvalue weighted by Gasteiger charge is 2.12. The van der Waals surface area contributed by atoms with Crippen LogP contribution in [0.15, 0.2) is 72.3 Å². The SMILES string of the molecule is COc1cc(/C=C(\C#N)C(=O)Nc2ccc(F)cc2)ccc1OCc1cccc([N+](=O)[O-])c1. The predicted octanol–water partition coefficient (Wildman–Crippen LogP) is 4.87. The van der Waals surface area contributed by atoms with Gasteiger partial charge in [0.1, 0.15) is 24.1 Å². The second-order valence-electron chi connectivity index (χ2n) is 6.76. The molecule has 0 atom stereocenters. The Labute approximate surface area is 188 Å². The number of non-ortho nitro benzene ring substituents is 1. The standard InChI is InChI=1S/C24H18FN3O5/c1-32-23-13-16(11-18(14-26)24(29)27-20-8-6-19(25)7-9-20)5-10-22(23)33-15-17-3-2-4-21(12-17)28(30)31/h2-13H,15H2,1H3,(H,27,29)/b18-11+. The van der Waals surface area contributed by atoms with Gasteiger partial charge in [0.15, 0.2) is 11.5 Å². The van der Waals surface area contributed by atoms with Crippen molar-refractivity contribution < 1.29 is 23.6 Å². The monoisotopic (exact) mass is 447 g/mol. The first-order chi connectivity index (χ1) is 15.9. The number of nitriles is 1. The number of rotatable bonds is 8. The van der Waals surface area contributed by atoms with Crippen molar-refractivity contribution in [1.29, 1.82) is 5.26 Å². The number of carbonyl (C=O) groups excluding carboxylic acids is 1. The summed E-state index contributed by atoms with van der Waals surface area (Å²) in [5.41, 5.74) is 1.28. The Bertz CT molecular complexity index is 1250. The molecule has 0 bridgehead atoms. The van der Waals surface area contributed by atoms with E-state index in [1.165, 1.54) is 49.6 Å². The normalized spacial score (nSPS) is 10.8. The summed E-state index contributed by atoms with van der Waals surface area (Å²) in [5.74, 6) is -0.348. The number of nitro benzene ring substituents is 1. The van der Waals surface area contributed by atoms with Crippen LogP contribution in [0, 0.1) is 27.3 Å². The molecule has 0 radical (unpaired) electrons. The van der Waals surface area contributed by atoms with Crippen molar-refractivity contribution in [3.63, 3.8) is 0 Å². The van der Waals surface area contributed by atoms with Gasteiger partial charge < -0.3 is 14.8 Å². The van der Waals surface area contributed by atoms with E-state index in [-0.39, 0.29) is 17.9 Å². The third kappa shape index (κ3) is 6.15. The van der Waals surface area contributed by atoms with E-state index in [0.29, 0.717) is 28.3 Å². The molecule has 0 spiro atoms.